The highest BCUT2D eigenvalue weighted by molar-refractivity contribution is 7.91. The van der Waals surface area contributed by atoms with Gasteiger partial charge in [0.25, 0.3) is 0 Å². The van der Waals surface area contributed by atoms with Crippen LogP contribution in [0.4, 0.5) is 0 Å². The molecule has 1 atom stereocenters. The van der Waals surface area contributed by atoms with Crippen LogP contribution in [-0.4, -0.2) is 57.0 Å². The standard InChI is InChI=1S/C13H25NO4S/c1-3-9-19(16,17)10-8-14-7-5-4-6-12(14)11-13(15)18-2/h12H,3-11H2,1-2H3. The third-order valence-corrected chi connectivity index (χ3v) is 5.42. The molecular weight excluding hydrogens is 266 g/mol. The number of likely N-dealkylation sites (tertiary alicyclic amines) is 1. The summed E-state index contributed by atoms with van der Waals surface area (Å²) in [6.45, 7) is 3.28. The second kappa shape index (κ2) is 7.85. The molecular formula is C13H25NO4S. The van der Waals surface area contributed by atoms with E-state index in [1.54, 1.807) is 0 Å². The molecule has 0 saturated carbocycles. The van der Waals surface area contributed by atoms with Gasteiger partial charge in [0.05, 0.1) is 19.3 Å². The van der Waals surface area contributed by atoms with Crippen molar-refractivity contribution in [3.63, 3.8) is 0 Å². The lowest BCUT2D eigenvalue weighted by molar-refractivity contribution is -0.142. The number of hydrogen-bond donors (Lipinski definition) is 0. The average molecular weight is 291 g/mol. The van der Waals surface area contributed by atoms with Gasteiger partial charge in [0.15, 0.2) is 9.84 Å². The van der Waals surface area contributed by atoms with Crippen LogP contribution in [0.5, 0.6) is 0 Å². The van der Waals surface area contributed by atoms with Gasteiger partial charge in [0.1, 0.15) is 0 Å². The minimum atomic E-state index is -2.95. The van der Waals surface area contributed by atoms with Crippen molar-refractivity contribution in [2.45, 2.75) is 45.1 Å². The van der Waals surface area contributed by atoms with Gasteiger partial charge in [-0.15, -0.1) is 0 Å². The number of piperidine rings is 1. The Balaban J connectivity index is 2.50. The summed E-state index contributed by atoms with van der Waals surface area (Å²) < 4.78 is 28.2. The van der Waals surface area contributed by atoms with Crippen LogP contribution in [0.3, 0.4) is 0 Å². The first-order chi connectivity index (χ1) is 8.98. The van der Waals surface area contributed by atoms with Crippen molar-refractivity contribution < 1.29 is 17.9 Å². The van der Waals surface area contributed by atoms with E-state index >= 15 is 0 Å². The van der Waals surface area contributed by atoms with Crippen molar-refractivity contribution in [2.75, 3.05) is 31.7 Å². The number of carbonyl (C=O) groups excluding carboxylic acids is 1. The molecule has 1 heterocycles. The van der Waals surface area contributed by atoms with Crippen LogP contribution in [0.15, 0.2) is 0 Å². The van der Waals surface area contributed by atoms with Crippen LogP contribution >= 0.6 is 0 Å². The van der Waals surface area contributed by atoms with Crippen molar-refractivity contribution in [2.24, 2.45) is 0 Å². The normalized spacial score (nSPS) is 21.3. The summed E-state index contributed by atoms with van der Waals surface area (Å²) in [6, 6.07) is 0.137. The highest BCUT2D eigenvalue weighted by Gasteiger charge is 2.26. The summed E-state index contributed by atoms with van der Waals surface area (Å²) in [7, 11) is -1.56. The summed E-state index contributed by atoms with van der Waals surface area (Å²) in [5, 5.41) is 0. The molecule has 19 heavy (non-hydrogen) atoms. The van der Waals surface area contributed by atoms with Crippen LogP contribution in [0.2, 0.25) is 0 Å². The Morgan fingerprint density at radius 1 is 1.32 bits per heavy atom. The fourth-order valence-corrected chi connectivity index (χ4v) is 3.87. The quantitative estimate of drug-likeness (QED) is 0.660. The molecule has 0 spiro atoms. The molecule has 6 heteroatoms. The SMILES string of the molecule is CCCS(=O)(=O)CCN1CCCCC1CC(=O)OC. The zero-order chi connectivity index (χ0) is 14.3. The number of sulfone groups is 1. The van der Waals surface area contributed by atoms with Crippen LogP contribution < -0.4 is 0 Å². The zero-order valence-corrected chi connectivity index (χ0v) is 12.7. The summed E-state index contributed by atoms with van der Waals surface area (Å²) in [5.74, 6) is 0.231. The van der Waals surface area contributed by atoms with Gasteiger partial charge < -0.3 is 4.74 Å². The smallest absolute Gasteiger partial charge is 0.307 e. The largest absolute Gasteiger partial charge is 0.469 e. The van der Waals surface area contributed by atoms with Crippen LogP contribution in [0.25, 0.3) is 0 Å². The van der Waals surface area contributed by atoms with Crippen molar-refractivity contribution in [3.8, 4) is 0 Å². The second-order valence-electron chi connectivity index (χ2n) is 5.12. The highest BCUT2D eigenvalue weighted by Crippen LogP contribution is 2.20. The van der Waals surface area contributed by atoms with E-state index in [0.717, 1.165) is 25.8 Å². The molecule has 1 fully saturated rings. The third-order valence-electron chi connectivity index (χ3n) is 3.58. The fraction of sp³-hybridized carbons (Fsp3) is 0.923. The third kappa shape index (κ3) is 5.91. The topological polar surface area (TPSA) is 63.7 Å². The molecule has 0 aromatic heterocycles. The molecule has 1 unspecified atom stereocenters. The van der Waals surface area contributed by atoms with Crippen LogP contribution in [0, 0.1) is 0 Å². The second-order valence-corrected chi connectivity index (χ2v) is 7.42. The summed E-state index contributed by atoms with van der Waals surface area (Å²) >= 11 is 0. The van der Waals surface area contributed by atoms with Gasteiger partial charge in [-0.1, -0.05) is 13.3 Å². The molecule has 0 amide bonds. The molecule has 1 aliphatic heterocycles. The Kier molecular flexibility index (Phi) is 6.79. The van der Waals surface area contributed by atoms with Crippen molar-refractivity contribution in [3.05, 3.63) is 0 Å². The molecule has 0 aliphatic carbocycles. The number of hydrogen-bond acceptors (Lipinski definition) is 5. The molecule has 1 saturated heterocycles. The van der Waals surface area contributed by atoms with Gasteiger partial charge in [0, 0.05) is 18.3 Å². The van der Waals surface area contributed by atoms with Gasteiger partial charge in [-0.25, -0.2) is 8.42 Å². The van der Waals surface area contributed by atoms with Crippen molar-refractivity contribution in [1.29, 1.82) is 0 Å². The van der Waals surface area contributed by atoms with Crippen LogP contribution in [0.1, 0.15) is 39.0 Å². The van der Waals surface area contributed by atoms with Crippen molar-refractivity contribution >= 4 is 15.8 Å². The lowest BCUT2D eigenvalue weighted by Crippen LogP contribution is -2.43. The van der Waals surface area contributed by atoms with Crippen molar-refractivity contribution in [1.82, 2.24) is 4.90 Å². The molecule has 0 radical (unpaired) electrons. The lowest BCUT2D eigenvalue weighted by atomic mass is 9.99. The minimum absolute atomic E-state index is 0.137. The fourth-order valence-electron chi connectivity index (χ4n) is 2.53. The number of rotatable bonds is 7. The number of methoxy groups -OCH3 is 1. The number of esters is 1. The van der Waals surface area contributed by atoms with E-state index in [9.17, 15) is 13.2 Å². The van der Waals surface area contributed by atoms with Gasteiger partial charge in [-0.3, -0.25) is 9.69 Å². The molecule has 0 bridgehead atoms. The average Bonchev–Trinajstić information content (AvgIpc) is 2.37. The molecule has 5 nitrogen and oxygen atoms in total. The van der Waals surface area contributed by atoms with Gasteiger partial charge in [0.2, 0.25) is 0 Å². The van der Waals surface area contributed by atoms with E-state index < -0.39 is 9.84 Å². The lowest BCUT2D eigenvalue weighted by Gasteiger charge is -2.35. The van der Waals surface area contributed by atoms with E-state index in [4.69, 9.17) is 4.74 Å². The Bertz CT molecular complexity index is 380. The van der Waals surface area contributed by atoms with E-state index in [-0.39, 0.29) is 23.5 Å². The van der Waals surface area contributed by atoms with E-state index in [0.29, 0.717) is 19.4 Å². The Morgan fingerprint density at radius 2 is 2.05 bits per heavy atom. The molecule has 1 rings (SSSR count). The van der Waals surface area contributed by atoms with E-state index in [1.165, 1.54) is 7.11 Å². The number of carbonyl (C=O) groups is 1. The van der Waals surface area contributed by atoms with Gasteiger partial charge >= 0.3 is 5.97 Å². The molecule has 1 aliphatic rings. The van der Waals surface area contributed by atoms with Gasteiger partial charge in [-0.2, -0.15) is 0 Å². The molecule has 0 aromatic rings. The first-order valence-electron chi connectivity index (χ1n) is 6.99. The summed E-state index contributed by atoms with van der Waals surface area (Å²) in [5.41, 5.74) is 0. The zero-order valence-electron chi connectivity index (χ0n) is 11.9. The Hall–Kier alpha value is -0.620. The molecule has 112 valence electrons. The Morgan fingerprint density at radius 3 is 2.68 bits per heavy atom. The van der Waals surface area contributed by atoms with Crippen LogP contribution in [-0.2, 0) is 19.4 Å². The summed E-state index contributed by atoms with van der Waals surface area (Å²) in [6.07, 6.45) is 4.15. The minimum Gasteiger partial charge on any atom is -0.469 e. The molecule has 0 N–H and O–H groups in total. The predicted octanol–water partition coefficient (Wildman–Crippen LogP) is 1.23. The van der Waals surface area contributed by atoms with Gasteiger partial charge in [-0.05, 0) is 25.8 Å². The molecule has 0 aromatic carbocycles. The monoisotopic (exact) mass is 291 g/mol. The predicted molar refractivity (Wildman–Crippen MR) is 74.8 cm³/mol. The number of ether oxygens (including phenoxy) is 1. The first kappa shape index (κ1) is 16.4. The maximum absolute atomic E-state index is 11.7. The highest BCUT2D eigenvalue weighted by atomic mass is 32.2. The first-order valence-corrected chi connectivity index (χ1v) is 8.82. The maximum atomic E-state index is 11.7. The summed E-state index contributed by atoms with van der Waals surface area (Å²) in [4.78, 5) is 13.5. The number of nitrogens with zero attached hydrogens (tertiary/aromatic N) is 1. The van der Waals surface area contributed by atoms with E-state index in [1.807, 2.05) is 6.92 Å². The Labute approximate surface area is 116 Å². The van der Waals surface area contributed by atoms with E-state index in [2.05, 4.69) is 4.90 Å². The maximum Gasteiger partial charge on any atom is 0.307 e.